The topological polar surface area (TPSA) is 56.1 Å². The van der Waals surface area contributed by atoms with Crippen LogP contribution in [0.2, 0.25) is 0 Å². The molecule has 1 amide bonds. The van der Waals surface area contributed by atoms with Crippen molar-refractivity contribution in [3.8, 4) is 5.75 Å². The van der Waals surface area contributed by atoms with Gasteiger partial charge in [0.25, 0.3) is 0 Å². The second-order valence-corrected chi connectivity index (χ2v) is 5.95. The number of halogens is 1. The molecule has 1 N–H and O–H groups in total. The molecule has 0 saturated carbocycles. The second kappa shape index (κ2) is 7.82. The molecule has 1 unspecified atom stereocenters. The number of hydrogen-bond acceptors (Lipinski definition) is 3. The van der Waals surface area contributed by atoms with E-state index < -0.39 is 6.04 Å². The first-order chi connectivity index (χ1) is 12.6. The lowest BCUT2D eigenvalue weighted by atomic mass is 10.0. The van der Waals surface area contributed by atoms with Crippen molar-refractivity contribution in [1.29, 1.82) is 0 Å². The molecule has 0 spiro atoms. The molecule has 26 heavy (non-hydrogen) atoms. The lowest BCUT2D eigenvalue weighted by Gasteiger charge is -2.21. The van der Waals surface area contributed by atoms with E-state index in [-0.39, 0.29) is 18.1 Å². The number of nitrogens with zero attached hydrogens (tertiary/aromatic N) is 2. The molecular formula is C20H20FN3O2. The molecule has 6 heteroatoms. The van der Waals surface area contributed by atoms with Gasteiger partial charge in [-0.2, -0.15) is 0 Å². The maximum Gasteiger partial charge on any atom is 0.225 e. The van der Waals surface area contributed by atoms with Crippen LogP contribution in [0.15, 0.2) is 60.9 Å². The van der Waals surface area contributed by atoms with Crippen LogP contribution in [0.5, 0.6) is 5.75 Å². The molecule has 1 aromatic heterocycles. The SMILES string of the molecule is COc1ccccc1C(NC(=O)Cc1cccc(F)c1)c1nccn1C. The number of nitrogens with one attached hydrogen (secondary N) is 1. The van der Waals surface area contributed by atoms with Crippen molar-refractivity contribution in [2.75, 3.05) is 7.11 Å². The van der Waals surface area contributed by atoms with Gasteiger partial charge in [-0.25, -0.2) is 9.37 Å². The van der Waals surface area contributed by atoms with E-state index in [1.807, 2.05) is 42.1 Å². The zero-order chi connectivity index (χ0) is 18.5. The molecule has 3 aromatic rings. The van der Waals surface area contributed by atoms with Gasteiger partial charge in [0.05, 0.1) is 13.5 Å². The predicted octanol–water partition coefficient (Wildman–Crippen LogP) is 3.02. The number of aromatic nitrogens is 2. The van der Waals surface area contributed by atoms with E-state index in [9.17, 15) is 9.18 Å². The van der Waals surface area contributed by atoms with E-state index >= 15 is 0 Å². The van der Waals surface area contributed by atoms with E-state index in [0.717, 1.165) is 5.56 Å². The highest BCUT2D eigenvalue weighted by Gasteiger charge is 2.23. The molecule has 0 fully saturated rings. The second-order valence-electron chi connectivity index (χ2n) is 5.95. The standard InChI is InChI=1S/C20H20FN3O2/c1-24-11-10-22-20(24)19(16-8-3-4-9-17(16)26-2)23-18(25)13-14-6-5-7-15(21)12-14/h3-12,19H,13H2,1-2H3,(H,23,25). The first kappa shape index (κ1) is 17.7. The Morgan fingerprint density at radius 3 is 2.77 bits per heavy atom. The Bertz CT molecular complexity index is 907. The first-order valence-electron chi connectivity index (χ1n) is 8.22. The largest absolute Gasteiger partial charge is 0.496 e. The molecule has 3 rings (SSSR count). The van der Waals surface area contributed by atoms with Gasteiger partial charge in [0.2, 0.25) is 5.91 Å². The van der Waals surface area contributed by atoms with Crippen LogP contribution in [0.3, 0.4) is 0 Å². The Balaban J connectivity index is 1.89. The van der Waals surface area contributed by atoms with Crippen molar-refractivity contribution < 1.29 is 13.9 Å². The summed E-state index contributed by atoms with van der Waals surface area (Å²) in [6.45, 7) is 0. The lowest BCUT2D eigenvalue weighted by Crippen LogP contribution is -2.32. The molecule has 0 radical (unpaired) electrons. The number of rotatable bonds is 6. The summed E-state index contributed by atoms with van der Waals surface area (Å²) in [7, 11) is 3.45. The van der Waals surface area contributed by atoms with E-state index in [0.29, 0.717) is 17.1 Å². The number of methoxy groups -OCH3 is 1. The van der Waals surface area contributed by atoms with E-state index in [2.05, 4.69) is 10.3 Å². The third-order valence-electron chi connectivity index (χ3n) is 4.13. The zero-order valence-electron chi connectivity index (χ0n) is 14.6. The number of benzene rings is 2. The molecule has 0 bridgehead atoms. The van der Waals surface area contributed by atoms with Gasteiger partial charge in [0, 0.05) is 25.0 Å². The highest BCUT2D eigenvalue weighted by Crippen LogP contribution is 2.29. The molecule has 134 valence electrons. The number of amides is 1. The maximum absolute atomic E-state index is 13.4. The third kappa shape index (κ3) is 3.91. The molecule has 0 saturated heterocycles. The fraction of sp³-hybridized carbons (Fsp3) is 0.200. The van der Waals surface area contributed by atoms with E-state index in [1.165, 1.54) is 12.1 Å². The minimum atomic E-state index is -0.479. The summed E-state index contributed by atoms with van der Waals surface area (Å²) >= 11 is 0. The summed E-state index contributed by atoms with van der Waals surface area (Å²) in [6, 6.07) is 13.0. The molecule has 1 atom stereocenters. The lowest BCUT2D eigenvalue weighted by molar-refractivity contribution is -0.121. The third-order valence-corrected chi connectivity index (χ3v) is 4.13. The number of aryl methyl sites for hydroxylation is 1. The molecule has 0 aliphatic carbocycles. The van der Waals surface area contributed by atoms with Crippen LogP contribution < -0.4 is 10.1 Å². The molecule has 0 aliphatic rings. The predicted molar refractivity (Wildman–Crippen MR) is 96.3 cm³/mol. The molecule has 0 aliphatic heterocycles. The monoisotopic (exact) mass is 353 g/mol. The van der Waals surface area contributed by atoms with Gasteiger partial charge in [-0.05, 0) is 23.8 Å². The summed E-state index contributed by atoms with van der Waals surface area (Å²) < 4.78 is 20.6. The van der Waals surface area contributed by atoms with Gasteiger partial charge in [-0.15, -0.1) is 0 Å². The Morgan fingerprint density at radius 2 is 2.08 bits per heavy atom. The Labute approximate surface area is 151 Å². The quantitative estimate of drug-likeness (QED) is 0.741. The van der Waals surface area contributed by atoms with Gasteiger partial charge in [-0.3, -0.25) is 4.79 Å². The van der Waals surface area contributed by atoms with E-state index in [4.69, 9.17) is 4.74 Å². The zero-order valence-corrected chi connectivity index (χ0v) is 14.6. The highest BCUT2D eigenvalue weighted by atomic mass is 19.1. The normalized spacial score (nSPS) is 11.8. The van der Waals surface area contributed by atoms with Crippen LogP contribution >= 0.6 is 0 Å². The molecule has 5 nitrogen and oxygen atoms in total. The van der Waals surface area contributed by atoms with Crippen LogP contribution in [0.4, 0.5) is 4.39 Å². The maximum atomic E-state index is 13.4. The number of ether oxygens (including phenoxy) is 1. The highest BCUT2D eigenvalue weighted by molar-refractivity contribution is 5.79. The van der Waals surface area contributed by atoms with Gasteiger partial charge >= 0.3 is 0 Å². The van der Waals surface area contributed by atoms with Crippen molar-refractivity contribution in [3.05, 3.63) is 83.7 Å². The van der Waals surface area contributed by atoms with Crippen molar-refractivity contribution in [2.24, 2.45) is 7.05 Å². The van der Waals surface area contributed by atoms with Crippen LogP contribution in [-0.4, -0.2) is 22.6 Å². The minimum Gasteiger partial charge on any atom is -0.496 e. The molecular weight excluding hydrogens is 333 g/mol. The average molecular weight is 353 g/mol. The van der Waals surface area contributed by atoms with Gasteiger partial charge in [0.15, 0.2) is 0 Å². The number of carbonyl (C=O) groups is 1. The average Bonchev–Trinajstić information content (AvgIpc) is 3.05. The fourth-order valence-electron chi connectivity index (χ4n) is 2.89. The van der Waals surface area contributed by atoms with Gasteiger partial charge < -0.3 is 14.6 Å². The number of carbonyl (C=O) groups excluding carboxylic acids is 1. The number of hydrogen-bond donors (Lipinski definition) is 1. The summed E-state index contributed by atoms with van der Waals surface area (Å²) in [6.07, 6.45) is 3.57. The van der Waals surface area contributed by atoms with Crippen LogP contribution in [0.1, 0.15) is 23.0 Å². The van der Waals surface area contributed by atoms with Crippen molar-refractivity contribution in [2.45, 2.75) is 12.5 Å². The van der Waals surface area contributed by atoms with E-state index in [1.54, 1.807) is 25.4 Å². The van der Waals surface area contributed by atoms with Crippen molar-refractivity contribution >= 4 is 5.91 Å². The van der Waals surface area contributed by atoms with Crippen molar-refractivity contribution in [3.63, 3.8) is 0 Å². The summed E-state index contributed by atoms with van der Waals surface area (Å²) in [5.74, 6) is 0.754. The van der Waals surface area contributed by atoms with Crippen LogP contribution in [0, 0.1) is 5.82 Å². The van der Waals surface area contributed by atoms with Crippen LogP contribution in [0.25, 0.3) is 0 Å². The first-order valence-corrected chi connectivity index (χ1v) is 8.22. The number of para-hydroxylation sites is 1. The van der Waals surface area contributed by atoms with Gasteiger partial charge in [0.1, 0.15) is 23.4 Å². The smallest absolute Gasteiger partial charge is 0.225 e. The molecule has 1 heterocycles. The number of imidazole rings is 1. The fourth-order valence-corrected chi connectivity index (χ4v) is 2.89. The van der Waals surface area contributed by atoms with Crippen molar-refractivity contribution in [1.82, 2.24) is 14.9 Å². The van der Waals surface area contributed by atoms with Crippen LogP contribution in [-0.2, 0) is 18.3 Å². The summed E-state index contributed by atoms with van der Waals surface area (Å²) in [4.78, 5) is 17.0. The minimum absolute atomic E-state index is 0.0772. The Hall–Kier alpha value is -3.15. The Kier molecular flexibility index (Phi) is 5.31. The van der Waals surface area contributed by atoms with Gasteiger partial charge in [-0.1, -0.05) is 30.3 Å². The summed E-state index contributed by atoms with van der Waals surface area (Å²) in [5.41, 5.74) is 1.41. The summed E-state index contributed by atoms with van der Waals surface area (Å²) in [5, 5.41) is 2.99. The molecule has 2 aromatic carbocycles. The Morgan fingerprint density at radius 1 is 1.27 bits per heavy atom.